The highest BCUT2D eigenvalue weighted by Crippen LogP contribution is 2.23. The molecule has 5 nitrogen and oxygen atoms in total. The van der Waals surface area contributed by atoms with E-state index in [2.05, 4.69) is 10.1 Å². The van der Waals surface area contributed by atoms with E-state index < -0.39 is 12.0 Å². The third kappa shape index (κ3) is 2.38. The van der Waals surface area contributed by atoms with Crippen molar-refractivity contribution < 1.29 is 14.3 Å². The Hall–Kier alpha value is -1.17. The van der Waals surface area contributed by atoms with Crippen LogP contribution in [0.5, 0.6) is 0 Å². The van der Waals surface area contributed by atoms with Gasteiger partial charge in [0.2, 0.25) is 0 Å². The summed E-state index contributed by atoms with van der Waals surface area (Å²) < 4.78 is 4.54. The molecule has 2 amide bonds. The number of thioether (sulfide) groups is 1. The Bertz CT molecular complexity index is 275. The minimum absolute atomic E-state index is 0.409. The number of hydrogen-bond acceptors (Lipinski definition) is 4. The van der Waals surface area contributed by atoms with E-state index in [1.165, 1.54) is 18.9 Å². The zero-order valence-corrected chi connectivity index (χ0v) is 7.94. The first-order chi connectivity index (χ1) is 6.15. The zero-order valence-electron chi connectivity index (χ0n) is 7.12. The molecule has 0 fully saturated rings. The molecule has 0 saturated carbocycles. The summed E-state index contributed by atoms with van der Waals surface area (Å²) in [7, 11) is 1.31. The average Bonchev–Trinajstić information content (AvgIpc) is 2.50. The fourth-order valence-electron chi connectivity index (χ4n) is 0.995. The Balaban J connectivity index is 2.76. The van der Waals surface area contributed by atoms with Crippen molar-refractivity contribution in [2.45, 2.75) is 0 Å². The number of amides is 2. The number of primary amides is 1. The molecule has 1 aliphatic heterocycles. The largest absolute Gasteiger partial charge is 0.466 e. The number of carbonyl (C=O) groups is 2. The Morgan fingerprint density at radius 1 is 1.54 bits per heavy atom. The van der Waals surface area contributed by atoms with Crippen molar-refractivity contribution in [3.63, 3.8) is 0 Å². The Kier molecular flexibility index (Phi) is 3.18. The highest BCUT2D eigenvalue weighted by atomic mass is 32.2. The Morgan fingerprint density at radius 2 is 2.23 bits per heavy atom. The number of methoxy groups -OCH3 is 1. The van der Waals surface area contributed by atoms with Crippen molar-refractivity contribution in [2.75, 3.05) is 18.6 Å². The normalized spacial score (nSPS) is 15.8. The molecule has 0 atom stereocenters. The molecule has 0 unspecified atom stereocenters. The summed E-state index contributed by atoms with van der Waals surface area (Å²) in [6.07, 6.45) is 0. The van der Waals surface area contributed by atoms with Gasteiger partial charge in [-0.15, -0.1) is 0 Å². The molecule has 6 heteroatoms. The molecule has 0 aromatic heterocycles. The second-order valence-corrected chi connectivity index (χ2v) is 3.42. The van der Waals surface area contributed by atoms with Gasteiger partial charge in [-0.3, -0.25) is 0 Å². The maximum absolute atomic E-state index is 11.1. The number of nitrogens with two attached hydrogens (primary N) is 1. The van der Waals surface area contributed by atoms with E-state index in [4.69, 9.17) is 5.73 Å². The summed E-state index contributed by atoms with van der Waals surface area (Å²) in [4.78, 5) is 21.6. The Labute approximate surface area is 79.7 Å². The molecular formula is C7H10N2O3S. The standard InChI is InChI=1S/C7H10N2O3S/c1-12-6(10)4-2-13-3-5(4)9-7(8)11/h2-3H2,1H3,(H3,8,9,11). The van der Waals surface area contributed by atoms with E-state index >= 15 is 0 Å². The molecule has 72 valence electrons. The monoisotopic (exact) mass is 202 g/mol. The Morgan fingerprint density at radius 3 is 2.77 bits per heavy atom. The van der Waals surface area contributed by atoms with Crippen LogP contribution in [0.15, 0.2) is 11.3 Å². The molecule has 0 aliphatic carbocycles. The van der Waals surface area contributed by atoms with E-state index in [-0.39, 0.29) is 0 Å². The fourth-order valence-corrected chi connectivity index (χ4v) is 2.04. The molecule has 13 heavy (non-hydrogen) atoms. The topological polar surface area (TPSA) is 81.4 Å². The van der Waals surface area contributed by atoms with Gasteiger partial charge in [-0.2, -0.15) is 11.8 Å². The van der Waals surface area contributed by atoms with Crippen LogP contribution in [0, 0.1) is 0 Å². The van der Waals surface area contributed by atoms with Gasteiger partial charge in [0, 0.05) is 17.2 Å². The quantitative estimate of drug-likeness (QED) is 0.609. The van der Waals surface area contributed by atoms with Crippen molar-refractivity contribution in [3.8, 4) is 0 Å². The minimum Gasteiger partial charge on any atom is -0.466 e. The number of esters is 1. The first-order valence-corrected chi connectivity index (χ1v) is 4.75. The third-order valence-electron chi connectivity index (χ3n) is 1.56. The number of hydrogen-bond donors (Lipinski definition) is 2. The molecule has 0 spiro atoms. The molecule has 0 saturated heterocycles. The highest BCUT2D eigenvalue weighted by molar-refractivity contribution is 8.00. The number of carbonyl (C=O) groups excluding carboxylic acids is 2. The lowest BCUT2D eigenvalue weighted by Crippen LogP contribution is -2.30. The molecule has 0 aromatic rings. The van der Waals surface area contributed by atoms with E-state index in [9.17, 15) is 9.59 Å². The van der Waals surface area contributed by atoms with Crippen LogP contribution < -0.4 is 11.1 Å². The van der Waals surface area contributed by atoms with Gasteiger partial charge in [0.15, 0.2) is 0 Å². The van der Waals surface area contributed by atoms with Gasteiger partial charge in [-0.25, -0.2) is 9.59 Å². The van der Waals surface area contributed by atoms with Crippen molar-refractivity contribution >= 4 is 23.8 Å². The zero-order chi connectivity index (χ0) is 9.84. The lowest BCUT2D eigenvalue weighted by molar-refractivity contribution is -0.136. The minimum atomic E-state index is -0.654. The van der Waals surface area contributed by atoms with Crippen LogP contribution in [0.2, 0.25) is 0 Å². The first kappa shape index (κ1) is 9.91. The second-order valence-electron chi connectivity index (χ2n) is 2.43. The van der Waals surface area contributed by atoms with Gasteiger partial charge < -0.3 is 15.8 Å². The smallest absolute Gasteiger partial charge is 0.336 e. The maximum atomic E-state index is 11.1. The van der Waals surface area contributed by atoms with E-state index in [0.29, 0.717) is 22.8 Å². The molecule has 1 heterocycles. The predicted molar refractivity (Wildman–Crippen MR) is 49.1 cm³/mol. The van der Waals surface area contributed by atoms with Crippen LogP contribution in [0.1, 0.15) is 0 Å². The SMILES string of the molecule is COC(=O)C1=C(NC(N)=O)CSC1. The van der Waals surface area contributed by atoms with Crippen LogP contribution in [-0.2, 0) is 9.53 Å². The number of nitrogens with one attached hydrogen (secondary N) is 1. The van der Waals surface area contributed by atoms with Crippen molar-refractivity contribution in [1.29, 1.82) is 0 Å². The summed E-state index contributed by atoms with van der Waals surface area (Å²) in [5.74, 6) is 0.740. The third-order valence-corrected chi connectivity index (χ3v) is 2.55. The lowest BCUT2D eigenvalue weighted by Gasteiger charge is -2.04. The number of urea groups is 1. The molecule has 3 N–H and O–H groups in total. The molecule has 1 aliphatic rings. The summed E-state index contributed by atoms with van der Waals surface area (Å²) in [5, 5.41) is 2.40. The van der Waals surface area contributed by atoms with Gasteiger partial charge in [0.25, 0.3) is 0 Å². The van der Waals surface area contributed by atoms with Gasteiger partial charge >= 0.3 is 12.0 Å². The maximum Gasteiger partial charge on any atom is 0.336 e. The van der Waals surface area contributed by atoms with E-state index in [1.54, 1.807) is 0 Å². The fraction of sp³-hybridized carbons (Fsp3) is 0.429. The molecule has 0 radical (unpaired) electrons. The van der Waals surface area contributed by atoms with Gasteiger partial charge in [0.1, 0.15) is 0 Å². The van der Waals surface area contributed by atoms with Crippen LogP contribution >= 0.6 is 11.8 Å². The second kappa shape index (κ2) is 4.18. The number of ether oxygens (including phenoxy) is 1. The summed E-state index contributed by atoms with van der Waals surface area (Å²) >= 11 is 1.53. The number of rotatable bonds is 2. The van der Waals surface area contributed by atoms with Crippen LogP contribution in [0.25, 0.3) is 0 Å². The van der Waals surface area contributed by atoms with Crippen LogP contribution in [0.3, 0.4) is 0 Å². The average molecular weight is 202 g/mol. The predicted octanol–water partition coefficient (Wildman–Crippen LogP) is -0.171. The van der Waals surface area contributed by atoms with Crippen LogP contribution in [-0.4, -0.2) is 30.6 Å². The first-order valence-electron chi connectivity index (χ1n) is 3.59. The lowest BCUT2D eigenvalue weighted by atomic mass is 10.2. The molecular weight excluding hydrogens is 192 g/mol. The van der Waals surface area contributed by atoms with Crippen LogP contribution in [0.4, 0.5) is 4.79 Å². The van der Waals surface area contributed by atoms with Crippen molar-refractivity contribution in [2.24, 2.45) is 5.73 Å². The van der Waals surface area contributed by atoms with Crippen molar-refractivity contribution in [1.82, 2.24) is 5.32 Å². The molecule has 0 bridgehead atoms. The molecule has 1 rings (SSSR count). The molecule has 0 aromatic carbocycles. The van der Waals surface area contributed by atoms with Gasteiger partial charge in [-0.05, 0) is 0 Å². The van der Waals surface area contributed by atoms with Gasteiger partial charge in [-0.1, -0.05) is 0 Å². The van der Waals surface area contributed by atoms with Gasteiger partial charge in [0.05, 0.1) is 12.7 Å². The summed E-state index contributed by atoms with van der Waals surface area (Å²) in [6.45, 7) is 0. The van der Waals surface area contributed by atoms with E-state index in [1.807, 2.05) is 0 Å². The highest BCUT2D eigenvalue weighted by Gasteiger charge is 2.22. The van der Waals surface area contributed by atoms with E-state index in [0.717, 1.165) is 0 Å². The summed E-state index contributed by atoms with van der Waals surface area (Å²) in [5.41, 5.74) is 5.98. The summed E-state index contributed by atoms with van der Waals surface area (Å²) in [6, 6.07) is -0.654. The van der Waals surface area contributed by atoms with Crippen molar-refractivity contribution in [3.05, 3.63) is 11.3 Å².